The second kappa shape index (κ2) is 15.1. The Hall–Kier alpha value is -5.90. The summed E-state index contributed by atoms with van der Waals surface area (Å²) in [5, 5.41) is 0. The lowest BCUT2D eigenvalue weighted by Crippen LogP contribution is -2.39. The molecule has 0 aliphatic carbocycles. The van der Waals surface area contributed by atoms with Gasteiger partial charge in [-0.25, -0.2) is 19.6 Å². The normalized spacial score (nSPS) is 17.9. The van der Waals surface area contributed by atoms with Crippen LogP contribution in [0.15, 0.2) is 97.1 Å². The van der Waals surface area contributed by atoms with Crippen LogP contribution in [-0.4, -0.2) is 55.0 Å². The number of likely N-dealkylation sites (tertiary alicyclic amines) is 2. The zero-order chi connectivity index (χ0) is 35.3. The number of carbonyl (C=O) groups is 2. The van der Waals surface area contributed by atoms with Gasteiger partial charge in [-0.1, -0.05) is 84.9 Å². The quantitative estimate of drug-likeness (QED) is 0.153. The van der Waals surface area contributed by atoms with Gasteiger partial charge in [-0.15, -0.1) is 0 Å². The van der Waals surface area contributed by atoms with Crippen molar-refractivity contribution in [3.05, 3.63) is 131 Å². The van der Waals surface area contributed by atoms with Crippen LogP contribution in [0.25, 0.3) is 34.2 Å². The van der Waals surface area contributed by atoms with Crippen LogP contribution < -0.4 is 0 Å². The van der Waals surface area contributed by atoms with E-state index in [0.717, 1.165) is 94.5 Å². The van der Waals surface area contributed by atoms with Gasteiger partial charge >= 0.3 is 12.2 Å². The summed E-state index contributed by atoms with van der Waals surface area (Å²) in [7, 11) is 0. The highest BCUT2D eigenvalue weighted by molar-refractivity contribution is 5.84. The lowest BCUT2D eigenvalue weighted by atomic mass is 10.0. The van der Waals surface area contributed by atoms with Gasteiger partial charge in [0.25, 0.3) is 0 Å². The molecule has 6 aromatic rings. The molecule has 8 rings (SSSR count). The molecular formula is C42H42N6O4. The molecule has 264 valence electrons. The predicted octanol–water partition coefficient (Wildman–Crippen LogP) is 9.34. The first kappa shape index (κ1) is 33.3. The van der Waals surface area contributed by atoms with Gasteiger partial charge in [-0.2, -0.15) is 0 Å². The zero-order valence-electron chi connectivity index (χ0n) is 29.0. The number of nitrogens with zero attached hydrogens (tertiary/aromatic N) is 4. The third kappa shape index (κ3) is 7.42. The van der Waals surface area contributed by atoms with Gasteiger partial charge in [0, 0.05) is 13.1 Å². The Labute approximate surface area is 302 Å². The maximum absolute atomic E-state index is 13.1. The van der Waals surface area contributed by atoms with Crippen molar-refractivity contribution in [2.24, 2.45) is 0 Å². The molecule has 2 amide bonds. The summed E-state index contributed by atoms with van der Waals surface area (Å²) in [6.45, 7) is 1.79. The lowest BCUT2D eigenvalue weighted by Gasteiger charge is -2.33. The number of benzene rings is 4. The van der Waals surface area contributed by atoms with Crippen LogP contribution in [0.1, 0.15) is 84.5 Å². The number of hydrogen-bond donors (Lipinski definition) is 2. The van der Waals surface area contributed by atoms with Crippen molar-refractivity contribution < 1.29 is 19.1 Å². The van der Waals surface area contributed by atoms with Crippen LogP contribution in [-0.2, 0) is 22.7 Å². The zero-order valence-corrected chi connectivity index (χ0v) is 29.0. The highest BCUT2D eigenvalue weighted by Gasteiger charge is 2.32. The molecule has 2 atom stereocenters. The minimum Gasteiger partial charge on any atom is -0.445 e. The van der Waals surface area contributed by atoms with Crippen molar-refractivity contribution in [1.29, 1.82) is 0 Å². The third-order valence-corrected chi connectivity index (χ3v) is 10.0. The number of H-pyrrole nitrogens is 2. The summed E-state index contributed by atoms with van der Waals surface area (Å²) >= 11 is 0. The number of carbonyl (C=O) groups excluding carboxylic acids is 2. The fourth-order valence-electron chi connectivity index (χ4n) is 7.28. The first-order chi connectivity index (χ1) is 25.6. The number of nitrogens with one attached hydrogen (secondary N) is 2. The van der Waals surface area contributed by atoms with E-state index in [0.29, 0.717) is 13.1 Å². The SMILES string of the molecule is O=C(OCc1ccccc1)N1CCCC[C@H]1c1nc2ccc(/C=C/c3ccc4nc([C@@H]5CCCCN5C(=O)OCc5ccccc5)[nH]c4c3)cc2[nH]1. The third-order valence-electron chi connectivity index (χ3n) is 10.0. The summed E-state index contributed by atoms with van der Waals surface area (Å²) in [5.74, 6) is 1.57. The smallest absolute Gasteiger partial charge is 0.410 e. The molecule has 2 fully saturated rings. The minimum absolute atomic E-state index is 0.157. The summed E-state index contributed by atoms with van der Waals surface area (Å²) < 4.78 is 11.4. The average molecular weight is 695 g/mol. The van der Waals surface area contributed by atoms with Gasteiger partial charge in [0.05, 0.1) is 34.2 Å². The number of aromatic amines is 2. The summed E-state index contributed by atoms with van der Waals surface area (Å²) in [4.78, 5) is 46.7. The van der Waals surface area contributed by atoms with Crippen molar-refractivity contribution in [3.63, 3.8) is 0 Å². The standard InChI is InChI=1S/C42H42N6O4/c49-41(51-27-31-11-3-1-4-12-31)47-23-9-7-15-37(47)39-43-33-21-19-29(25-35(33)45-39)17-18-30-20-22-34-36(26-30)46-40(44-34)38-16-8-10-24-48(38)42(50)52-28-32-13-5-2-6-14-32/h1-6,11-14,17-22,25-26,37-38H,7-10,15-16,23-24,27-28H2,(H,43,45)(H,44,46)/b18-17+/t37-,38-/m0/s1. The number of fused-ring (bicyclic) bond motifs is 2. The summed E-state index contributed by atoms with van der Waals surface area (Å²) in [6.07, 6.45) is 9.16. The fraction of sp³-hybridized carbons (Fsp3) is 0.286. The number of hydrogen-bond acceptors (Lipinski definition) is 6. The second-order valence-corrected chi connectivity index (χ2v) is 13.6. The van der Waals surface area contributed by atoms with E-state index in [9.17, 15) is 9.59 Å². The van der Waals surface area contributed by atoms with Crippen LogP contribution in [0.2, 0.25) is 0 Å². The molecule has 0 bridgehead atoms. The van der Waals surface area contributed by atoms with Crippen molar-refractivity contribution in [3.8, 4) is 0 Å². The Morgan fingerprint density at radius 3 is 1.50 bits per heavy atom. The van der Waals surface area contributed by atoms with E-state index in [4.69, 9.17) is 19.4 Å². The van der Waals surface area contributed by atoms with E-state index in [2.05, 4.69) is 46.4 Å². The Morgan fingerprint density at radius 1 is 0.615 bits per heavy atom. The number of piperidine rings is 2. The van der Waals surface area contributed by atoms with Gasteiger partial charge < -0.3 is 19.4 Å². The molecule has 0 spiro atoms. The summed E-state index contributed by atoms with van der Waals surface area (Å²) in [6, 6.07) is 31.5. The number of aromatic nitrogens is 4. The highest BCUT2D eigenvalue weighted by atomic mass is 16.6. The minimum atomic E-state index is -0.309. The molecule has 0 radical (unpaired) electrons. The molecule has 2 saturated heterocycles. The monoisotopic (exact) mass is 694 g/mol. The Balaban J connectivity index is 0.943. The molecule has 10 heteroatoms. The molecule has 10 nitrogen and oxygen atoms in total. The predicted molar refractivity (Wildman–Crippen MR) is 201 cm³/mol. The van der Waals surface area contributed by atoms with Crippen LogP contribution in [0.4, 0.5) is 9.59 Å². The van der Waals surface area contributed by atoms with Gasteiger partial charge in [0.2, 0.25) is 0 Å². The van der Waals surface area contributed by atoms with E-state index in [1.807, 2.05) is 82.6 Å². The lowest BCUT2D eigenvalue weighted by molar-refractivity contribution is 0.0655. The Morgan fingerprint density at radius 2 is 1.06 bits per heavy atom. The van der Waals surface area contributed by atoms with Crippen LogP contribution in [0.3, 0.4) is 0 Å². The molecule has 2 aromatic heterocycles. The van der Waals surface area contributed by atoms with Gasteiger partial charge in [-0.05, 0) is 85.0 Å². The first-order valence-electron chi connectivity index (χ1n) is 18.2. The highest BCUT2D eigenvalue weighted by Crippen LogP contribution is 2.33. The molecule has 2 aliphatic heterocycles. The van der Waals surface area contributed by atoms with Crippen LogP contribution in [0, 0.1) is 0 Å². The van der Waals surface area contributed by atoms with Crippen molar-refractivity contribution >= 4 is 46.4 Å². The maximum atomic E-state index is 13.1. The molecule has 2 aliphatic rings. The number of amides is 2. The van der Waals surface area contributed by atoms with E-state index >= 15 is 0 Å². The number of imidazole rings is 2. The maximum Gasteiger partial charge on any atom is 0.410 e. The molecule has 0 saturated carbocycles. The molecule has 2 N–H and O–H groups in total. The average Bonchev–Trinajstić information content (AvgIpc) is 3.83. The topological polar surface area (TPSA) is 116 Å². The Kier molecular flexibility index (Phi) is 9.69. The van der Waals surface area contributed by atoms with Gasteiger partial charge in [0.15, 0.2) is 0 Å². The first-order valence-corrected chi connectivity index (χ1v) is 18.2. The largest absolute Gasteiger partial charge is 0.445 e. The van der Waals surface area contributed by atoms with E-state index in [1.54, 1.807) is 0 Å². The van der Waals surface area contributed by atoms with Crippen LogP contribution >= 0.6 is 0 Å². The molecule has 52 heavy (non-hydrogen) atoms. The van der Waals surface area contributed by atoms with Crippen molar-refractivity contribution in [2.75, 3.05) is 13.1 Å². The van der Waals surface area contributed by atoms with Crippen LogP contribution in [0.5, 0.6) is 0 Å². The molecule has 4 aromatic carbocycles. The van der Waals surface area contributed by atoms with E-state index in [-0.39, 0.29) is 37.5 Å². The molecule has 0 unspecified atom stereocenters. The van der Waals surface area contributed by atoms with Gasteiger partial charge in [-0.3, -0.25) is 9.80 Å². The van der Waals surface area contributed by atoms with Crippen molar-refractivity contribution in [1.82, 2.24) is 29.7 Å². The van der Waals surface area contributed by atoms with E-state index in [1.165, 1.54) is 0 Å². The van der Waals surface area contributed by atoms with Gasteiger partial charge in [0.1, 0.15) is 24.9 Å². The second-order valence-electron chi connectivity index (χ2n) is 13.6. The molecule has 4 heterocycles. The Bertz CT molecular complexity index is 2040. The fourth-order valence-corrected chi connectivity index (χ4v) is 7.28. The number of ether oxygens (including phenoxy) is 2. The van der Waals surface area contributed by atoms with Crippen molar-refractivity contribution in [2.45, 2.75) is 63.8 Å². The van der Waals surface area contributed by atoms with E-state index < -0.39 is 0 Å². The summed E-state index contributed by atoms with van der Waals surface area (Å²) in [5.41, 5.74) is 7.57. The molecular weight excluding hydrogens is 652 g/mol. The number of rotatable bonds is 8.